The molecule has 1 aromatic carbocycles. The molecule has 0 atom stereocenters. The zero-order valence-corrected chi connectivity index (χ0v) is 19.2. The molecule has 2 aromatic heterocycles. The van der Waals surface area contributed by atoms with Gasteiger partial charge in [-0.25, -0.2) is 18.1 Å². The number of aliphatic hydroxyl groups is 1. The van der Waals surface area contributed by atoms with Crippen LogP contribution < -0.4 is 10.1 Å². The summed E-state index contributed by atoms with van der Waals surface area (Å²) >= 11 is 0. The van der Waals surface area contributed by atoms with Crippen LogP contribution in [0.2, 0.25) is 0 Å². The number of pyridine rings is 1. The largest absolute Gasteiger partial charge is 0.573 e. The molecule has 13 heteroatoms. The highest BCUT2D eigenvalue weighted by molar-refractivity contribution is 7.93. The molecule has 0 saturated carbocycles. The van der Waals surface area contributed by atoms with Gasteiger partial charge in [0.15, 0.2) is 15.5 Å². The van der Waals surface area contributed by atoms with Crippen molar-refractivity contribution in [3.8, 4) is 11.4 Å². The van der Waals surface area contributed by atoms with E-state index in [1.54, 1.807) is 6.92 Å². The van der Waals surface area contributed by atoms with Crippen molar-refractivity contribution in [1.82, 2.24) is 20.1 Å². The number of aromatic nitrogens is 3. The zero-order chi connectivity index (χ0) is 25.1. The van der Waals surface area contributed by atoms with Gasteiger partial charge in [-0.3, -0.25) is 4.79 Å². The number of alkyl halides is 3. The average Bonchev–Trinajstić information content (AvgIpc) is 3.04. The second-order valence-electron chi connectivity index (χ2n) is 9.01. The van der Waals surface area contributed by atoms with Crippen LogP contribution in [-0.2, 0) is 15.4 Å². The van der Waals surface area contributed by atoms with Gasteiger partial charge in [0.05, 0.1) is 28.3 Å². The number of nitrogens with zero attached hydrogens (tertiary/aromatic N) is 3. The molecule has 0 unspecified atom stereocenters. The van der Waals surface area contributed by atoms with E-state index in [0.717, 1.165) is 12.1 Å². The van der Waals surface area contributed by atoms with Crippen LogP contribution >= 0.6 is 0 Å². The van der Waals surface area contributed by atoms with E-state index in [1.807, 2.05) is 0 Å². The smallest absolute Gasteiger partial charge is 0.406 e. The van der Waals surface area contributed by atoms with Gasteiger partial charge in [0.2, 0.25) is 0 Å². The first kappa shape index (κ1) is 24.0. The number of halogens is 3. The fourth-order valence-electron chi connectivity index (χ4n) is 3.92. The van der Waals surface area contributed by atoms with Crippen molar-refractivity contribution in [2.75, 3.05) is 11.5 Å². The fraction of sp³-hybridized carbons (Fsp3) is 0.381. The number of rotatable bonds is 5. The molecule has 34 heavy (non-hydrogen) atoms. The average molecular weight is 498 g/mol. The number of ether oxygens (including phenoxy) is 1. The molecule has 1 aliphatic heterocycles. The second kappa shape index (κ2) is 7.67. The van der Waals surface area contributed by atoms with Crippen LogP contribution in [0.3, 0.4) is 0 Å². The van der Waals surface area contributed by atoms with E-state index in [2.05, 4.69) is 20.1 Å². The summed E-state index contributed by atoms with van der Waals surface area (Å²) in [5, 5.41) is 18.0. The van der Waals surface area contributed by atoms with Crippen molar-refractivity contribution in [3.63, 3.8) is 0 Å². The summed E-state index contributed by atoms with van der Waals surface area (Å²) in [6, 6.07) is 6.54. The van der Waals surface area contributed by atoms with Crippen LogP contribution in [0.25, 0.3) is 16.7 Å². The Kier molecular flexibility index (Phi) is 5.40. The third-order valence-corrected chi connectivity index (χ3v) is 7.31. The highest BCUT2D eigenvalue weighted by Crippen LogP contribution is 2.31. The number of hydrogen-bond acceptors (Lipinski definition) is 7. The standard InChI is InChI=1S/C21H21F3N4O5S/c1-19(2,30)16-15-7-12(18(29)26-20(3)10-34(31,32)11-20)9-25-17(15)28(27-16)13-5-4-6-14(8-13)33-21(22,23)24/h4-9,30H,10-11H2,1-3H3,(H,26,29). The van der Waals surface area contributed by atoms with Crippen molar-refractivity contribution in [1.29, 1.82) is 0 Å². The maximum absolute atomic E-state index is 12.8. The normalized spacial score (nSPS) is 17.3. The number of nitrogens with one attached hydrogen (secondary N) is 1. The molecular weight excluding hydrogens is 477 g/mol. The van der Waals surface area contributed by atoms with Crippen molar-refractivity contribution in [3.05, 3.63) is 47.8 Å². The summed E-state index contributed by atoms with van der Waals surface area (Å²) in [6.07, 6.45) is -3.63. The molecule has 0 radical (unpaired) electrons. The Labute approximate surface area is 192 Å². The van der Waals surface area contributed by atoms with Crippen molar-refractivity contribution in [2.45, 2.75) is 38.3 Å². The molecule has 1 saturated heterocycles. The molecule has 3 aromatic rings. The molecule has 1 fully saturated rings. The molecule has 1 aliphatic rings. The minimum atomic E-state index is -4.88. The van der Waals surface area contributed by atoms with E-state index in [1.165, 1.54) is 42.9 Å². The Hall–Kier alpha value is -3.19. The third kappa shape index (κ3) is 4.85. The number of sulfone groups is 1. The Balaban J connectivity index is 1.75. The topological polar surface area (TPSA) is 123 Å². The number of fused-ring (bicyclic) bond motifs is 1. The lowest BCUT2D eigenvalue weighted by Crippen LogP contribution is -2.63. The molecule has 0 bridgehead atoms. The number of amides is 1. The van der Waals surface area contributed by atoms with E-state index in [4.69, 9.17) is 0 Å². The van der Waals surface area contributed by atoms with Gasteiger partial charge in [0, 0.05) is 17.6 Å². The van der Waals surface area contributed by atoms with Crippen LogP contribution in [0.4, 0.5) is 13.2 Å². The lowest BCUT2D eigenvalue weighted by molar-refractivity contribution is -0.274. The minimum absolute atomic E-state index is 0.109. The quantitative estimate of drug-likeness (QED) is 0.554. The lowest BCUT2D eigenvalue weighted by Gasteiger charge is -2.38. The highest BCUT2D eigenvalue weighted by Gasteiger charge is 2.45. The first-order valence-corrected chi connectivity index (χ1v) is 11.9. The molecule has 1 amide bonds. The summed E-state index contributed by atoms with van der Waals surface area (Å²) in [6.45, 7) is 4.55. The van der Waals surface area contributed by atoms with E-state index in [-0.39, 0.29) is 34.1 Å². The molecule has 0 spiro atoms. The molecule has 9 nitrogen and oxygen atoms in total. The van der Waals surface area contributed by atoms with Gasteiger partial charge >= 0.3 is 6.36 Å². The van der Waals surface area contributed by atoms with Gasteiger partial charge in [-0.05, 0) is 39.0 Å². The molecule has 3 heterocycles. The van der Waals surface area contributed by atoms with E-state index >= 15 is 0 Å². The molecule has 182 valence electrons. The van der Waals surface area contributed by atoms with Crippen LogP contribution in [0.1, 0.15) is 36.8 Å². The first-order chi connectivity index (χ1) is 15.6. The maximum Gasteiger partial charge on any atom is 0.573 e. The number of carbonyl (C=O) groups excluding carboxylic acids is 1. The monoisotopic (exact) mass is 498 g/mol. The molecule has 2 N–H and O–H groups in total. The summed E-state index contributed by atoms with van der Waals surface area (Å²) in [7, 11) is -3.18. The van der Waals surface area contributed by atoms with Gasteiger partial charge in [0.25, 0.3) is 5.91 Å². The molecule has 4 rings (SSSR count). The van der Waals surface area contributed by atoms with Gasteiger partial charge < -0.3 is 15.2 Å². The fourth-order valence-corrected chi connectivity index (χ4v) is 5.92. The zero-order valence-electron chi connectivity index (χ0n) is 18.3. The predicted octanol–water partition coefficient (Wildman–Crippen LogP) is 2.46. The van der Waals surface area contributed by atoms with E-state index in [9.17, 15) is 31.5 Å². The maximum atomic E-state index is 12.8. The number of hydrogen-bond donors (Lipinski definition) is 2. The van der Waals surface area contributed by atoms with Crippen molar-refractivity contribution >= 4 is 26.8 Å². The number of carbonyl (C=O) groups is 1. The van der Waals surface area contributed by atoms with Gasteiger partial charge in [-0.15, -0.1) is 13.2 Å². The second-order valence-corrected chi connectivity index (χ2v) is 11.1. The van der Waals surface area contributed by atoms with E-state index < -0.39 is 39.0 Å². The summed E-state index contributed by atoms with van der Waals surface area (Å²) in [5.41, 5.74) is -1.74. The molecule has 0 aliphatic carbocycles. The summed E-state index contributed by atoms with van der Waals surface area (Å²) < 4.78 is 66.2. The van der Waals surface area contributed by atoms with Gasteiger partial charge in [-0.1, -0.05) is 6.07 Å². The van der Waals surface area contributed by atoms with E-state index in [0.29, 0.717) is 5.39 Å². The summed E-state index contributed by atoms with van der Waals surface area (Å²) in [4.78, 5) is 17.0. The van der Waals surface area contributed by atoms with Crippen molar-refractivity contribution in [2.24, 2.45) is 0 Å². The summed E-state index contributed by atoms with van der Waals surface area (Å²) in [5.74, 6) is -1.37. The third-order valence-electron chi connectivity index (χ3n) is 5.15. The Morgan fingerprint density at radius 2 is 1.91 bits per heavy atom. The van der Waals surface area contributed by atoms with Crippen LogP contribution in [0, 0.1) is 0 Å². The Morgan fingerprint density at radius 3 is 2.50 bits per heavy atom. The van der Waals surface area contributed by atoms with Gasteiger partial charge in [0.1, 0.15) is 17.0 Å². The van der Waals surface area contributed by atoms with Crippen LogP contribution in [0.5, 0.6) is 5.75 Å². The van der Waals surface area contributed by atoms with Gasteiger partial charge in [-0.2, -0.15) is 5.10 Å². The number of benzene rings is 1. The minimum Gasteiger partial charge on any atom is -0.406 e. The predicted molar refractivity (Wildman–Crippen MR) is 115 cm³/mol. The first-order valence-electron chi connectivity index (χ1n) is 10.1. The Morgan fingerprint density at radius 1 is 1.24 bits per heavy atom. The van der Waals surface area contributed by atoms with Crippen LogP contribution in [-0.4, -0.2) is 57.6 Å². The van der Waals surface area contributed by atoms with Crippen LogP contribution in [0.15, 0.2) is 36.5 Å². The SMILES string of the molecule is CC1(NC(=O)c2cnc3c(c2)c(C(C)(C)O)nn3-c2cccc(OC(F)(F)F)c2)CS(=O)(=O)C1. The Bertz CT molecular complexity index is 1380. The van der Waals surface area contributed by atoms with Crippen molar-refractivity contribution < 1.29 is 36.2 Å². The lowest BCUT2D eigenvalue weighted by atomic mass is 10.0. The highest BCUT2D eigenvalue weighted by atomic mass is 32.2. The molecular formula is C21H21F3N4O5S.